The van der Waals surface area contributed by atoms with E-state index in [1.807, 2.05) is 43.3 Å². The Balaban J connectivity index is 1.57. The van der Waals surface area contributed by atoms with Crippen molar-refractivity contribution in [3.05, 3.63) is 87.7 Å². The van der Waals surface area contributed by atoms with Crippen LogP contribution in [0.4, 0.5) is 11.5 Å². The molecule has 0 bridgehead atoms. The van der Waals surface area contributed by atoms with E-state index in [2.05, 4.69) is 15.7 Å². The number of anilines is 2. The average Bonchev–Trinajstić information content (AvgIpc) is 3.17. The molecule has 156 valence electrons. The lowest BCUT2D eigenvalue weighted by atomic mass is 9.85. The fourth-order valence-electron chi connectivity index (χ4n) is 4.30. The number of rotatable bonds is 3. The minimum absolute atomic E-state index is 0.112. The highest BCUT2D eigenvalue weighted by atomic mass is 35.5. The molecule has 1 atom stereocenters. The van der Waals surface area contributed by atoms with Crippen molar-refractivity contribution in [3.63, 3.8) is 0 Å². The maximum absolute atomic E-state index is 13.1. The number of amides is 1. The van der Waals surface area contributed by atoms with Gasteiger partial charge < -0.3 is 10.6 Å². The van der Waals surface area contributed by atoms with Crippen molar-refractivity contribution >= 4 is 34.8 Å². The van der Waals surface area contributed by atoms with Crippen LogP contribution in [0.3, 0.4) is 0 Å². The van der Waals surface area contributed by atoms with Gasteiger partial charge in [0.15, 0.2) is 5.78 Å². The normalized spacial score (nSPS) is 17.6. The number of aryl methyl sites for hydroxylation is 1. The maximum Gasteiger partial charge on any atom is 0.261 e. The van der Waals surface area contributed by atoms with Crippen LogP contribution in [0.15, 0.2) is 66.0 Å². The molecule has 1 amide bonds. The zero-order valence-corrected chi connectivity index (χ0v) is 17.7. The highest BCUT2D eigenvalue weighted by Crippen LogP contribution is 2.41. The third-order valence-electron chi connectivity index (χ3n) is 5.75. The van der Waals surface area contributed by atoms with E-state index in [0.717, 1.165) is 40.9 Å². The number of ketones is 1. The molecule has 2 aliphatic rings. The Morgan fingerprint density at radius 1 is 1.19 bits per heavy atom. The van der Waals surface area contributed by atoms with E-state index >= 15 is 0 Å². The number of carbonyl (C=O) groups excluding carboxylic acids is 2. The van der Waals surface area contributed by atoms with Gasteiger partial charge in [0.05, 0.1) is 6.20 Å². The van der Waals surface area contributed by atoms with Crippen LogP contribution in [0.1, 0.15) is 46.8 Å². The summed E-state index contributed by atoms with van der Waals surface area (Å²) in [6.07, 6.45) is 3.62. The summed E-state index contributed by atoms with van der Waals surface area (Å²) in [5.41, 5.74) is 4.71. The molecule has 3 aromatic rings. The average molecular weight is 433 g/mol. The van der Waals surface area contributed by atoms with Gasteiger partial charge in [0.25, 0.3) is 5.91 Å². The molecule has 0 spiro atoms. The summed E-state index contributed by atoms with van der Waals surface area (Å²) < 4.78 is 1.73. The monoisotopic (exact) mass is 432 g/mol. The molecule has 1 aliphatic carbocycles. The first-order valence-corrected chi connectivity index (χ1v) is 10.6. The first-order valence-electron chi connectivity index (χ1n) is 10.3. The van der Waals surface area contributed by atoms with Gasteiger partial charge in [0, 0.05) is 28.4 Å². The molecule has 2 heterocycles. The van der Waals surface area contributed by atoms with Gasteiger partial charge >= 0.3 is 0 Å². The molecule has 0 saturated heterocycles. The molecule has 31 heavy (non-hydrogen) atoms. The third kappa shape index (κ3) is 3.53. The quantitative estimate of drug-likeness (QED) is 0.602. The number of nitrogens with one attached hydrogen (secondary N) is 2. The van der Waals surface area contributed by atoms with E-state index in [9.17, 15) is 9.59 Å². The fraction of sp³-hybridized carbons (Fsp3) is 0.208. The topological polar surface area (TPSA) is 76.0 Å². The van der Waals surface area contributed by atoms with Gasteiger partial charge in [-0.1, -0.05) is 35.9 Å². The minimum atomic E-state index is -0.392. The number of fused-ring (bicyclic) bond motifs is 1. The lowest BCUT2D eigenvalue weighted by molar-refractivity contribution is -0.116. The van der Waals surface area contributed by atoms with Crippen molar-refractivity contribution in [2.24, 2.45) is 0 Å². The number of benzene rings is 2. The van der Waals surface area contributed by atoms with Crippen molar-refractivity contribution in [3.8, 4) is 0 Å². The van der Waals surface area contributed by atoms with Crippen LogP contribution in [0.25, 0.3) is 0 Å². The Bertz CT molecular complexity index is 1230. The molecule has 1 aliphatic heterocycles. The zero-order chi connectivity index (χ0) is 21.5. The number of nitrogens with zero attached hydrogens (tertiary/aromatic N) is 2. The van der Waals surface area contributed by atoms with Gasteiger partial charge in [0.2, 0.25) is 0 Å². The van der Waals surface area contributed by atoms with E-state index in [0.29, 0.717) is 22.8 Å². The van der Waals surface area contributed by atoms with Crippen LogP contribution in [0, 0.1) is 6.92 Å². The van der Waals surface area contributed by atoms with Gasteiger partial charge in [-0.25, -0.2) is 4.68 Å². The summed E-state index contributed by atoms with van der Waals surface area (Å²) in [5.74, 6) is 0.458. The second kappa shape index (κ2) is 7.71. The SMILES string of the molecule is Cc1cccc(NC(=O)c2cnn3c2NC2=C(C(=O)CCC2)[C@@H]3c2ccc(Cl)cc2)c1. The largest absolute Gasteiger partial charge is 0.343 e. The number of hydrogen-bond donors (Lipinski definition) is 2. The predicted molar refractivity (Wildman–Crippen MR) is 120 cm³/mol. The summed E-state index contributed by atoms with van der Waals surface area (Å²) in [4.78, 5) is 25.9. The van der Waals surface area contributed by atoms with E-state index in [1.165, 1.54) is 0 Å². The Morgan fingerprint density at radius 2 is 2.00 bits per heavy atom. The fourth-order valence-corrected chi connectivity index (χ4v) is 4.42. The lowest BCUT2D eigenvalue weighted by Gasteiger charge is -2.33. The highest BCUT2D eigenvalue weighted by molar-refractivity contribution is 6.30. The number of hydrogen-bond acceptors (Lipinski definition) is 4. The predicted octanol–water partition coefficient (Wildman–Crippen LogP) is 5.12. The molecule has 0 unspecified atom stereocenters. The van der Waals surface area contributed by atoms with Gasteiger partial charge in [-0.05, 0) is 55.2 Å². The smallest absolute Gasteiger partial charge is 0.261 e. The van der Waals surface area contributed by atoms with E-state index in [1.54, 1.807) is 23.0 Å². The Kier molecular flexibility index (Phi) is 4.87. The maximum atomic E-state index is 13.1. The third-order valence-corrected chi connectivity index (χ3v) is 6.00. The van der Waals surface area contributed by atoms with E-state index in [-0.39, 0.29) is 11.7 Å². The number of Topliss-reactive ketones (excluding diaryl/α,β-unsaturated/α-hetero) is 1. The highest BCUT2D eigenvalue weighted by Gasteiger charge is 2.37. The standard InChI is InChI=1S/C24H21ClN4O2/c1-14-4-2-5-17(12-14)27-24(31)18-13-26-29-22(15-8-10-16(25)11-9-15)21-19(28-23(18)29)6-3-7-20(21)30/h2,4-5,8-13,22,28H,3,6-7H2,1H3,(H,27,31)/t22-/m0/s1. The van der Waals surface area contributed by atoms with Gasteiger partial charge in [0.1, 0.15) is 17.4 Å². The molecule has 2 aromatic carbocycles. The number of carbonyl (C=O) groups is 2. The Labute approximate surface area is 184 Å². The van der Waals surface area contributed by atoms with Crippen molar-refractivity contribution in [2.45, 2.75) is 32.2 Å². The molecule has 6 nitrogen and oxygen atoms in total. The van der Waals surface area contributed by atoms with Crippen LogP contribution >= 0.6 is 11.6 Å². The molecule has 0 fully saturated rings. The molecule has 7 heteroatoms. The summed E-state index contributed by atoms with van der Waals surface area (Å²) in [5, 5.41) is 11.4. The minimum Gasteiger partial charge on any atom is -0.343 e. The van der Waals surface area contributed by atoms with Gasteiger partial charge in [-0.3, -0.25) is 9.59 Å². The lowest BCUT2D eigenvalue weighted by Crippen LogP contribution is -2.32. The first kappa shape index (κ1) is 19.6. The van der Waals surface area contributed by atoms with Crippen LogP contribution in [0.5, 0.6) is 0 Å². The van der Waals surface area contributed by atoms with Crippen molar-refractivity contribution in [1.29, 1.82) is 0 Å². The van der Waals surface area contributed by atoms with Crippen LogP contribution in [-0.2, 0) is 4.79 Å². The second-order valence-corrected chi connectivity index (χ2v) is 8.36. The first-order chi connectivity index (χ1) is 15.0. The number of halogens is 1. The summed E-state index contributed by atoms with van der Waals surface area (Å²) in [6, 6.07) is 14.7. The van der Waals surface area contributed by atoms with Gasteiger partial charge in [-0.2, -0.15) is 5.10 Å². The van der Waals surface area contributed by atoms with Crippen molar-refractivity contribution in [2.75, 3.05) is 10.6 Å². The van der Waals surface area contributed by atoms with Crippen molar-refractivity contribution in [1.82, 2.24) is 9.78 Å². The van der Waals surface area contributed by atoms with E-state index < -0.39 is 6.04 Å². The van der Waals surface area contributed by atoms with Crippen LogP contribution < -0.4 is 10.6 Å². The molecule has 0 radical (unpaired) electrons. The number of aromatic nitrogens is 2. The van der Waals surface area contributed by atoms with Crippen LogP contribution in [-0.4, -0.2) is 21.5 Å². The Morgan fingerprint density at radius 3 is 2.77 bits per heavy atom. The van der Waals surface area contributed by atoms with Crippen molar-refractivity contribution < 1.29 is 9.59 Å². The summed E-state index contributed by atoms with van der Waals surface area (Å²) in [7, 11) is 0. The molecule has 5 rings (SSSR count). The molecular formula is C24H21ClN4O2. The zero-order valence-electron chi connectivity index (χ0n) is 17.0. The van der Waals surface area contributed by atoms with E-state index in [4.69, 9.17) is 11.6 Å². The van der Waals surface area contributed by atoms with Gasteiger partial charge in [-0.15, -0.1) is 0 Å². The summed E-state index contributed by atoms with van der Waals surface area (Å²) in [6.45, 7) is 1.98. The molecule has 0 saturated carbocycles. The second-order valence-electron chi connectivity index (χ2n) is 7.92. The Hall–Kier alpha value is -3.38. The number of allylic oxidation sites excluding steroid dienone is 2. The molecule has 2 N–H and O–H groups in total. The molecule has 1 aromatic heterocycles. The van der Waals surface area contributed by atoms with Crippen LogP contribution in [0.2, 0.25) is 5.02 Å². The summed E-state index contributed by atoms with van der Waals surface area (Å²) >= 11 is 6.08. The molecular weight excluding hydrogens is 412 g/mol.